The summed E-state index contributed by atoms with van der Waals surface area (Å²) in [6, 6.07) is 19.3. The summed E-state index contributed by atoms with van der Waals surface area (Å²) < 4.78 is 0. The van der Waals surface area contributed by atoms with E-state index < -0.39 is 0 Å². The fourth-order valence-electron chi connectivity index (χ4n) is 3.85. The Morgan fingerprint density at radius 3 is 2.50 bits per heavy atom. The van der Waals surface area contributed by atoms with Gasteiger partial charge in [0.25, 0.3) is 0 Å². The number of nitrogens with one attached hydrogen (secondary N) is 1. The molecule has 3 heteroatoms. The molecule has 1 atom stereocenters. The van der Waals surface area contributed by atoms with Crippen LogP contribution in [0, 0.1) is 6.92 Å². The molecule has 1 heterocycles. The van der Waals surface area contributed by atoms with Gasteiger partial charge < -0.3 is 10.2 Å². The lowest BCUT2D eigenvalue weighted by molar-refractivity contribution is -0.134. The van der Waals surface area contributed by atoms with Crippen LogP contribution in [0.3, 0.4) is 0 Å². The third-order valence-corrected chi connectivity index (χ3v) is 5.39. The highest BCUT2D eigenvalue weighted by Crippen LogP contribution is 2.24. The Morgan fingerprint density at radius 1 is 1.12 bits per heavy atom. The number of hydrogen-bond donors (Lipinski definition) is 1. The topological polar surface area (TPSA) is 32.3 Å². The van der Waals surface area contributed by atoms with Gasteiger partial charge in [-0.15, -0.1) is 0 Å². The van der Waals surface area contributed by atoms with Crippen LogP contribution in [0.5, 0.6) is 0 Å². The van der Waals surface area contributed by atoms with Crippen LogP contribution in [0.2, 0.25) is 0 Å². The van der Waals surface area contributed by atoms with Gasteiger partial charge in [0.1, 0.15) is 0 Å². The quantitative estimate of drug-likeness (QED) is 0.844. The zero-order chi connectivity index (χ0) is 18.4. The normalized spacial score (nSPS) is 16.5. The van der Waals surface area contributed by atoms with E-state index in [0.29, 0.717) is 6.04 Å². The summed E-state index contributed by atoms with van der Waals surface area (Å²) in [5.41, 5.74) is 3.77. The van der Waals surface area contributed by atoms with Gasteiger partial charge in [0.15, 0.2) is 0 Å². The molecule has 1 amide bonds. The summed E-state index contributed by atoms with van der Waals surface area (Å²) in [5.74, 6) is 0.281. The second kappa shape index (κ2) is 9.00. The molecule has 0 saturated carbocycles. The minimum Gasteiger partial charge on any atom is -0.342 e. The van der Waals surface area contributed by atoms with Crippen molar-refractivity contribution in [3.05, 3.63) is 71.3 Å². The number of aryl methyl sites for hydroxylation is 1. The summed E-state index contributed by atoms with van der Waals surface area (Å²) >= 11 is 0. The van der Waals surface area contributed by atoms with E-state index in [1.807, 2.05) is 18.2 Å². The first-order valence-electron chi connectivity index (χ1n) is 9.80. The molecular weight excluding hydrogens is 320 g/mol. The van der Waals surface area contributed by atoms with Crippen LogP contribution in [0.1, 0.15) is 48.8 Å². The maximum Gasteiger partial charge on any atom is 0.230 e. The van der Waals surface area contributed by atoms with Crippen molar-refractivity contribution in [1.82, 2.24) is 10.2 Å². The summed E-state index contributed by atoms with van der Waals surface area (Å²) in [5, 5.41) is 3.66. The average Bonchev–Trinajstić information content (AvgIpc) is 2.68. The number of amides is 1. The molecule has 1 aliphatic rings. The van der Waals surface area contributed by atoms with Gasteiger partial charge in [0, 0.05) is 25.7 Å². The van der Waals surface area contributed by atoms with Crippen molar-refractivity contribution in [2.45, 2.75) is 51.6 Å². The monoisotopic (exact) mass is 350 g/mol. The van der Waals surface area contributed by atoms with E-state index in [1.165, 1.54) is 11.1 Å². The summed E-state index contributed by atoms with van der Waals surface area (Å²) in [6.45, 7) is 6.85. The van der Waals surface area contributed by atoms with Crippen LogP contribution in [-0.4, -0.2) is 29.9 Å². The second-order valence-corrected chi connectivity index (χ2v) is 7.34. The number of carbonyl (C=O) groups is 1. The van der Waals surface area contributed by atoms with Gasteiger partial charge >= 0.3 is 0 Å². The van der Waals surface area contributed by atoms with Gasteiger partial charge in [-0.05, 0) is 37.3 Å². The molecule has 0 spiro atoms. The van der Waals surface area contributed by atoms with Crippen molar-refractivity contribution < 1.29 is 4.79 Å². The van der Waals surface area contributed by atoms with Crippen molar-refractivity contribution >= 4 is 5.91 Å². The van der Waals surface area contributed by atoms with E-state index >= 15 is 0 Å². The Labute approximate surface area is 157 Å². The van der Waals surface area contributed by atoms with Crippen LogP contribution in [0.15, 0.2) is 54.6 Å². The molecule has 3 rings (SSSR count). The van der Waals surface area contributed by atoms with Gasteiger partial charge in [-0.1, -0.05) is 67.1 Å². The number of likely N-dealkylation sites (tertiary alicyclic amines) is 1. The van der Waals surface area contributed by atoms with Gasteiger partial charge in [-0.3, -0.25) is 4.79 Å². The Balaban J connectivity index is 1.50. The van der Waals surface area contributed by atoms with E-state index in [9.17, 15) is 4.79 Å². The molecule has 1 saturated heterocycles. The molecule has 0 aromatic heterocycles. The number of nitrogens with zero attached hydrogens (tertiary/aromatic N) is 1. The lowest BCUT2D eigenvalue weighted by Crippen LogP contribution is -2.46. The maximum atomic E-state index is 13.0. The van der Waals surface area contributed by atoms with Gasteiger partial charge in [-0.25, -0.2) is 0 Å². The molecule has 1 N–H and O–H groups in total. The lowest BCUT2D eigenvalue weighted by atomic mass is 9.93. The highest BCUT2D eigenvalue weighted by Gasteiger charge is 2.28. The Kier molecular flexibility index (Phi) is 6.45. The molecule has 138 valence electrons. The predicted octanol–water partition coefficient (Wildman–Crippen LogP) is 4.27. The van der Waals surface area contributed by atoms with Crippen molar-refractivity contribution in [2.75, 3.05) is 13.1 Å². The number of carbonyl (C=O) groups excluding carboxylic acids is 1. The Bertz CT molecular complexity index is 705. The number of benzene rings is 2. The first-order chi connectivity index (χ1) is 12.7. The fourth-order valence-corrected chi connectivity index (χ4v) is 3.85. The largest absolute Gasteiger partial charge is 0.342 e. The zero-order valence-electron chi connectivity index (χ0n) is 15.9. The minimum absolute atomic E-state index is 0.00648. The van der Waals surface area contributed by atoms with Crippen LogP contribution in [0.4, 0.5) is 0 Å². The number of piperidine rings is 1. The first-order valence-corrected chi connectivity index (χ1v) is 9.80. The molecule has 0 aliphatic carbocycles. The fraction of sp³-hybridized carbons (Fsp3) is 0.435. The molecule has 2 aromatic rings. The molecule has 2 aromatic carbocycles. The molecule has 3 nitrogen and oxygen atoms in total. The van der Waals surface area contributed by atoms with Crippen molar-refractivity contribution in [3.63, 3.8) is 0 Å². The molecule has 26 heavy (non-hydrogen) atoms. The van der Waals surface area contributed by atoms with Crippen molar-refractivity contribution in [3.8, 4) is 0 Å². The van der Waals surface area contributed by atoms with E-state index in [4.69, 9.17) is 0 Å². The third-order valence-electron chi connectivity index (χ3n) is 5.39. The van der Waals surface area contributed by atoms with E-state index in [0.717, 1.165) is 44.5 Å². The summed E-state index contributed by atoms with van der Waals surface area (Å²) in [7, 11) is 0. The van der Waals surface area contributed by atoms with Crippen LogP contribution in [0.25, 0.3) is 0 Å². The number of hydrogen-bond acceptors (Lipinski definition) is 2. The highest BCUT2D eigenvalue weighted by atomic mass is 16.2. The van der Waals surface area contributed by atoms with Crippen LogP contribution < -0.4 is 5.32 Å². The zero-order valence-corrected chi connectivity index (χ0v) is 15.9. The first kappa shape index (κ1) is 18.7. The Morgan fingerprint density at radius 2 is 1.85 bits per heavy atom. The second-order valence-electron chi connectivity index (χ2n) is 7.34. The molecule has 0 bridgehead atoms. The summed E-state index contributed by atoms with van der Waals surface area (Å²) in [6.07, 6.45) is 2.92. The van der Waals surface area contributed by atoms with Crippen molar-refractivity contribution in [1.29, 1.82) is 0 Å². The van der Waals surface area contributed by atoms with Gasteiger partial charge in [-0.2, -0.15) is 0 Å². The van der Waals surface area contributed by atoms with Gasteiger partial charge in [0.2, 0.25) is 5.91 Å². The SMILES string of the molecule is CCC(C(=O)N1CCC(NCc2cccc(C)c2)CC1)c1ccccc1. The molecule has 1 unspecified atom stereocenters. The predicted molar refractivity (Wildman–Crippen MR) is 107 cm³/mol. The average molecular weight is 351 g/mol. The smallest absolute Gasteiger partial charge is 0.230 e. The maximum absolute atomic E-state index is 13.0. The molecule has 1 aliphatic heterocycles. The van der Waals surface area contributed by atoms with Crippen LogP contribution in [-0.2, 0) is 11.3 Å². The van der Waals surface area contributed by atoms with E-state index in [-0.39, 0.29) is 11.8 Å². The Hall–Kier alpha value is -2.13. The highest BCUT2D eigenvalue weighted by molar-refractivity contribution is 5.83. The number of rotatable bonds is 6. The lowest BCUT2D eigenvalue weighted by Gasteiger charge is -2.34. The van der Waals surface area contributed by atoms with E-state index in [2.05, 4.69) is 60.5 Å². The van der Waals surface area contributed by atoms with Crippen LogP contribution >= 0.6 is 0 Å². The molecular formula is C23H30N2O. The standard InChI is InChI=1S/C23H30N2O/c1-3-22(20-10-5-4-6-11-20)23(26)25-14-12-21(13-15-25)24-17-19-9-7-8-18(2)16-19/h4-11,16,21-22,24H,3,12-15,17H2,1-2H3. The summed E-state index contributed by atoms with van der Waals surface area (Å²) in [4.78, 5) is 15.0. The van der Waals surface area contributed by atoms with Crippen molar-refractivity contribution in [2.24, 2.45) is 0 Å². The van der Waals surface area contributed by atoms with Gasteiger partial charge in [0.05, 0.1) is 5.92 Å². The minimum atomic E-state index is -0.00648. The molecule has 0 radical (unpaired) electrons. The molecule has 1 fully saturated rings. The van der Waals surface area contributed by atoms with E-state index in [1.54, 1.807) is 0 Å². The third kappa shape index (κ3) is 4.73.